The average Bonchev–Trinajstić information content (AvgIpc) is 3.48. The molecular formula is C21H24N4O3S. The molecule has 8 heteroatoms. The van der Waals surface area contributed by atoms with Gasteiger partial charge < -0.3 is 24.7 Å². The minimum absolute atomic E-state index is 0.0381. The predicted octanol–water partition coefficient (Wildman–Crippen LogP) is 3.04. The summed E-state index contributed by atoms with van der Waals surface area (Å²) in [6.07, 6.45) is 1.66. The molecule has 1 aromatic carbocycles. The Morgan fingerprint density at radius 3 is 3.14 bits per heavy atom. The summed E-state index contributed by atoms with van der Waals surface area (Å²) in [6, 6.07) is 9.89. The number of methoxy groups -OCH3 is 1. The fraction of sp³-hybridized carbons (Fsp3) is 0.429. The van der Waals surface area contributed by atoms with Gasteiger partial charge in [-0.05, 0) is 12.1 Å². The molecule has 2 aromatic heterocycles. The Balaban J connectivity index is 1.27. The maximum atomic E-state index is 13.0. The van der Waals surface area contributed by atoms with Crippen LogP contribution in [0.5, 0.6) is 0 Å². The van der Waals surface area contributed by atoms with Crippen LogP contribution in [0.3, 0.4) is 0 Å². The Hall–Kier alpha value is -2.42. The normalized spacial score (nSPS) is 21.5. The third-order valence-corrected chi connectivity index (χ3v) is 6.88. The molecule has 2 aliphatic rings. The first kappa shape index (κ1) is 18.6. The Morgan fingerprint density at radius 1 is 1.45 bits per heavy atom. The Morgan fingerprint density at radius 2 is 2.34 bits per heavy atom. The fourth-order valence-corrected chi connectivity index (χ4v) is 5.02. The summed E-state index contributed by atoms with van der Waals surface area (Å²) in [5.74, 6) is 0.0381. The van der Waals surface area contributed by atoms with Crippen molar-refractivity contribution < 1.29 is 14.3 Å². The zero-order valence-electron chi connectivity index (χ0n) is 16.4. The molecule has 5 rings (SSSR count). The number of aromatic nitrogens is 2. The van der Waals surface area contributed by atoms with E-state index in [0.29, 0.717) is 31.9 Å². The molecule has 0 bridgehead atoms. The second kappa shape index (κ2) is 7.44. The molecule has 2 aliphatic heterocycles. The number of anilines is 1. The smallest absolute Gasteiger partial charge is 0.270 e. The van der Waals surface area contributed by atoms with Gasteiger partial charge in [0, 0.05) is 55.4 Å². The number of hydrogen-bond donors (Lipinski definition) is 2. The van der Waals surface area contributed by atoms with Crippen molar-refractivity contribution in [2.75, 3.05) is 38.7 Å². The summed E-state index contributed by atoms with van der Waals surface area (Å²) >= 11 is 1.63. The lowest BCUT2D eigenvalue weighted by Gasteiger charge is -2.25. The first-order valence-corrected chi connectivity index (χ1v) is 10.7. The molecule has 0 spiro atoms. The number of H-pyrrole nitrogens is 1. The number of rotatable bonds is 5. The van der Waals surface area contributed by atoms with Gasteiger partial charge in [0.25, 0.3) is 5.91 Å². The number of nitrogens with zero attached hydrogens (tertiary/aromatic N) is 2. The number of amides is 1. The van der Waals surface area contributed by atoms with E-state index >= 15 is 0 Å². The fourth-order valence-electron chi connectivity index (χ4n) is 4.00. The highest BCUT2D eigenvalue weighted by Crippen LogP contribution is 2.31. The molecule has 152 valence electrons. The van der Waals surface area contributed by atoms with Gasteiger partial charge in [0.05, 0.1) is 18.8 Å². The van der Waals surface area contributed by atoms with Crippen molar-refractivity contribution in [3.05, 3.63) is 46.6 Å². The standard InChI is InChI=1S/C21H24N4O3S/c1-27-21(7-9-28-13-21)12-22-20-24-16-6-8-25(11-18(16)29-20)19(26)17-10-14-4-2-3-5-15(14)23-17/h2-5,10,23H,6-9,11-13H2,1H3,(H,22,24). The summed E-state index contributed by atoms with van der Waals surface area (Å²) in [6.45, 7) is 3.29. The van der Waals surface area contributed by atoms with E-state index in [-0.39, 0.29) is 11.5 Å². The summed E-state index contributed by atoms with van der Waals surface area (Å²) < 4.78 is 11.2. The molecule has 1 saturated heterocycles. The van der Waals surface area contributed by atoms with Crippen LogP contribution in [-0.4, -0.2) is 59.8 Å². The van der Waals surface area contributed by atoms with Crippen LogP contribution in [-0.2, 0) is 22.4 Å². The van der Waals surface area contributed by atoms with Gasteiger partial charge in [-0.1, -0.05) is 29.5 Å². The van der Waals surface area contributed by atoms with E-state index in [1.54, 1.807) is 18.4 Å². The summed E-state index contributed by atoms with van der Waals surface area (Å²) in [5.41, 5.74) is 2.44. The van der Waals surface area contributed by atoms with Crippen LogP contribution in [0.25, 0.3) is 10.9 Å². The van der Waals surface area contributed by atoms with E-state index in [1.807, 2.05) is 35.2 Å². The quantitative estimate of drug-likeness (QED) is 0.673. The summed E-state index contributed by atoms with van der Waals surface area (Å²) in [7, 11) is 1.73. The molecular weight excluding hydrogens is 388 g/mol. The van der Waals surface area contributed by atoms with E-state index < -0.39 is 0 Å². The number of carbonyl (C=O) groups excluding carboxylic acids is 1. The van der Waals surface area contributed by atoms with Crippen molar-refractivity contribution in [2.24, 2.45) is 0 Å². The van der Waals surface area contributed by atoms with Crippen LogP contribution < -0.4 is 5.32 Å². The maximum absolute atomic E-state index is 13.0. The minimum atomic E-state index is -0.274. The van der Waals surface area contributed by atoms with Crippen LogP contribution in [0, 0.1) is 0 Å². The Kier molecular flexibility index (Phi) is 4.77. The van der Waals surface area contributed by atoms with Gasteiger partial charge in [0.15, 0.2) is 5.13 Å². The molecule has 29 heavy (non-hydrogen) atoms. The topological polar surface area (TPSA) is 79.5 Å². The molecule has 0 radical (unpaired) electrons. The van der Waals surface area contributed by atoms with E-state index in [0.717, 1.165) is 46.1 Å². The number of fused-ring (bicyclic) bond motifs is 2. The molecule has 1 unspecified atom stereocenters. The van der Waals surface area contributed by atoms with Gasteiger partial charge in [-0.3, -0.25) is 4.79 Å². The number of thiazole rings is 1. The SMILES string of the molecule is COC1(CNc2nc3c(s2)CN(C(=O)c2cc4ccccc4[nH]2)CC3)CCOC1. The number of hydrogen-bond acceptors (Lipinski definition) is 6. The van der Waals surface area contributed by atoms with Crippen molar-refractivity contribution in [3.8, 4) is 0 Å². The van der Waals surface area contributed by atoms with Crippen molar-refractivity contribution in [1.29, 1.82) is 0 Å². The molecule has 0 aliphatic carbocycles. The summed E-state index contributed by atoms with van der Waals surface area (Å²) in [4.78, 5) is 24.0. The Labute approximate surface area is 173 Å². The second-order valence-corrected chi connectivity index (χ2v) is 8.76. The van der Waals surface area contributed by atoms with Crippen LogP contribution in [0.4, 0.5) is 5.13 Å². The summed E-state index contributed by atoms with van der Waals surface area (Å²) in [5, 5.41) is 5.37. The lowest BCUT2D eigenvalue weighted by atomic mass is 10.0. The minimum Gasteiger partial charge on any atom is -0.378 e. The molecule has 7 nitrogen and oxygen atoms in total. The van der Waals surface area contributed by atoms with Crippen LogP contribution >= 0.6 is 11.3 Å². The van der Waals surface area contributed by atoms with Crippen molar-refractivity contribution in [3.63, 3.8) is 0 Å². The number of para-hydroxylation sites is 1. The number of carbonyl (C=O) groups is 1. The van der Waals surface area contributed by atoms with Gasteiger partial charge in [0.1, 0.15) is 11.3 Å². The van der Waals surface area contributed by atoms with Crippen LogP contribution in [0.2, 0.25) is 0 Å². The molecule has 2 N–H and O–H groups in total. The molecule has 1 amide bonds. The highest BCUT2D eigenvalue weighted by atomic mass is 32.1. The first-order valence-electron chi connectivity index (χ1n) is 9.88. The first-order chi connectivity index (χ1) is 14.2. The second-order valence-electron chi connectivity index (χ2n) is 7.68. The predicted molar refractivity (Wildman–Crippen MR) is 113 cm³/mol. The Bertz CT molecular complexity index is 1000. The lowest BCUT2D eigenvalue weighted by Crippen LogP contribution is -2.39. The largest absolute Gasteiger partial charge is 0.378 e. The maximum Gasteiger partial charge on any atom is 0.270 e. The molecule has 4 heterocycles. The highest BCUT2D eigenvalue weighted by Gasteiger charge is 2.35. The monoisotopic (exact) mass is 412 g/mol. The zero-order chi connectivity index (χ0) is 19.8. The van der Waals surface area contributed by atoms with Gasteiger partial charge in [-0.2, -0.15) is 0 Å². The average molecular weight is 413 g/mol. The van der Waals surface area contributed by atoms with E-state index in [2.05, 4.69) is 10.3 Å². The molecule has 3 aromatic rings. The van der Waals surface area contributed by atoms with E-state index in [4.69, 9.17) is 14.5 Å². The molecule has 1 atom stereocenters. The van der Waals surface area contributed by atoms with Gasteiger partial charge in [-0.25, -0.2) is 4.98 Å². The van der Waals surface area contributed by atoms with Crippen LogP contribution in [0.1, 0.15) is 27.5 Å². The van der Waals surface area contributed by atoms with Gasteiger partial charge in [-0.15, -0.1) is 0 Å². The van der Waals surface area contributed by atoms with Gasteiger partial charge >= 0.3 is 0 Å². The third-order valence-electron chi connectivity index (χ3n) is 5.84. The van der Waals surface area contributed by atoms with Crippen molar-refractivity contribution >= 4 is 33.3 Å². The van der Waals surface area contributed by atoms with Crippen molar-refractivity contribution in [2.45, 2.75) is 25.0 Å². The molecule has 0 saturated carbocycles. The lowest BCUT2D eigenvalue weighted by molar-refractivity contribution is -0.00620. The number of aromatic amines is 1. The zero-order valence-corrected chi connectivity index (χ0v) is 17.2. The van der Waals surface area contributed by atoms with E-state index in [1.165, 1.54) is 0 Å². The number of benzene rings is 1. The number of ether oxygens (including phenoxy) is 2. The number of nitrogens with one attached hydrogen (secondary N) is 2. The van der Waals surface area contributed by atoms with E-state index in [9.17, 15) is 4.79 Å². The van der Waals surface area contributed by atoms with Gasteiger partial charge in [0.2, 0.25) is 0 Å². The third kappa shape index (κ3) is 3.52. The van der Waals surface area contributed by atoms with Crippen LogP contribution in [0.15, 0.2) is 30.3 Å². The molecule has 1 fully saturated rings. The van der Waals surface area contributed by atoms with Crippen molar-refractivity contribution in [1.82, 2.24) is 14.9 Å². The highest BCUT2D eigenvalue weighted by molar-refractivity contribution is 7.15.